The van der Waals surface area contributed by atoms with Crippen molar-refractivity contribution in [1.82, 2.24) is 0 Å². The lowest BCUT2D eigenvalue weighted by Gasteiger charge is -2.14. The second kappa shape index (κ2) is 6.26. The Morgan fingerprint density at radius 1 is 1.33 bits per heavy atom. The summed E-state index contributed by atoms with van der Waals surface area (Å²) in [5, 5.41) is 9.36. The summed E-state index contributed by atoms with van der Waals surface area (Å²) < 4.78 is 47.0. The third-order valence-corrected chi connectivity index (χ3v) is 2.36. The fourth-order valence-corrected chi connectivity index (χ4v) is 1.39. The van der Waals surface area contributed by atoms with Gasteiger partial charge in [0.1, 0.15) is 18.5 Å². The number of methoxy groups -OCH3 is 1. The van der Waals surface area contributed by atoms with Gasteiger partial charge in [0.2, 0.25) is 0 Å². The van der Waals surface area contributed by atoms with Crippen molar-refractivity contribution in [3.05, 3.63) is 28.8 Å². The Hall–Kier alpha value is -0.980. The van der Waals surface area contributed by atoms with Gasteiger partial charge in [0.05, 0.1) is 17.2 Å². The number of benzene rings is 1. The Balaban J connectivity index is 2.76. The van der Waals surface area contributed by atoms with Gasteiger partial charge in [-0.1, -0.05) is 11.6 Å². The molecular weight excluding hydrogens is 273 g/mol. The number of rotatable bonds is 5. The van der Waals surface area contributed by atoms with Crippen molar-refractivity contribution in [3.8, 4) is 5.75 Å². The zero-order chi connectivity index (χ0) is 13.8. The predicted molar refractivity (Wildman–Crippen MR) is 59.8 cm³/mol. The fourth-order valence-electron chi connectivity index (χ4n) is 1.22. The Morgan fingerprint density at radius 3 is 2.56 bits per heavy atom. The van der Waals surface area contributed by atoms with Crippen LogP contribution in [0, 0.1) is 0 Å². The summed E-state index contributed by atoms with van der Waals surface area (Å²) in [5.74, 6) is -0.123. The van der Waals surface area contributed by atoms with Crippen LogP contribution < -0.4 is 4.74 Å². The number of aliphatic hydroxyl groups is 1. The van der Waals surface area contributed by atoms with Crippen molar-refractivity contribution in [3.63, 3.8) is 0 Å². The predicted octanol–water partition coefficient (Wildman–Crippen LogP) is 2.74. The van der Waals surface area contributed by atoms with E-state index in [1.165, 1.54) is 7.11 Å². The minimum absolute atomic E-state index is 0.0244. The van der Waals surface area contributed by atoms with Gasteiger partial charge in [-0.15, -0.1) is 0 Å². The molecule has 1 rings (SSSR count). The van der Waals surface area contributed by atoms with Crippen LogP contribution in [0.15, 0.2) is 18.2 Å². The molecule has 0 aliphatic rings. The van der Waals surface area contributed by atoms with E-state index in [0.717, 1.165) is 18.2 Å². The Morgan fingerprint density at radius 2 is 2.00 bits per heavy atom. The van der Waals surface area contributed by atoms with E-state index in [2.05, 4.69) is 4.74 Å². The Kier molecular flexibility index (Phi) is 5.25. The second-order valence-corrected chi connectivity index (χ2v) is 3.97. The van der Waals surface area contributed by atoms with Crippen molar-refractivity contribution in [1.29, 1.82) is 0 Å². The topological polar surface area (TPSA) is 38.7 Å². The zero-order valence-corrected chi connectivity index (χ0v) is 10.3. The van der Waals surface area contributed by atoms with E-state index < -0.39 is 17.8 Å². The molecule has 0 heterocycles. The first kappa shape index (κ1) is 15.1. The number of hydrogen-bond donors (Lipinski definition) is 1. The SMILES string of the molecule is COC[C@H](O)COc1cc(C(F)(F)F)ccc1Cl. The molecule has 0 radical (unpaired) electrons. The summed E-state index contributed by atoms with van der Waals surface area (Å²) in [6.07, 6.45) is -5.39. The van der Waals surface area contributed by atoms with E-state index in [9.17, 15) is 18.3 Å². The Bertz CT molecular complexity index is 396. The molecule has 18 heavy (non-hydrogen) atoms. The van der Waals surface area contributed by atoms with Crippen LogP contribution in [0.4, 0.5) is 13.2 Å². The van der Waals surface area contributed by atoms with Gasteiger partial charge in [0.25, 0.3) is 0 Å². The maximum atomic E-state index is 12.5. The Labute approximate surface area is 107 Å². The molecular formula is C11H12ClF3O3. The van der Waals surface area contributed by atoms with Gasteiger partial charge in [-0.25, -0.2) is 0 Å². The lowest BCUT2D eigenvalue weighted by Crippen LogP contribution is -2.22. The molecule has 0 aliphatic heterocycles. The van der Waals surface area contributed by atoms with Gasteiger partial charge in [0.15, 0.2) is 0 Å². The summed E-state index contributed by atoms with van der Waals surface area (Å²) in [5.41, 5.74) is -0.858. The number of hydrogen-bond acceptors (Lipinski definition) is 3. The first-order chi connectivity index (χ1) is 8.34. The molecule has 1 aromatic rings. The number of aliphatic hydroxyl groups excluding tert-OH is 1. The van der Waals surface area contributed by atoms with Crippen LogP contribution >= 0.6 is 11.6 Å². The lowest BCUT2D eigenvalue weighted by molar-refractivity contribution is -0.137. The monoisotopic (exact) mass is 284 g/mol. The van der Waals surface area contributed by atoms with Gasteiger partial charge in [0, 0.05) is 7.11 Å². The average Bonchev–Trinajstić information content (AvgIpc) is 2.26. The molecule has 1 atom stereocenters. The molecule has 1 N–H and O–H groups in total. The van der Waals surface area contributed by atoms with Crippen LogP contribution in [0.3, 0.4) is 0 Å². The first-order valence-electron chi connectivity index (χ1n) is 5.01. The fraction of sp³-hybridized carbons (Fsp3) is 0.455. The summed E-state index contributed by atoms with van der Waals surface area (Å²) in [6, 6.07) is 2.76. The summed E-state index contributed by atoms with van der Waals surface area (Å²) in [4.78, 5) is 0. The second-order valence-electron chi connectivity index (χ2n) is 3.56. The molecule has 0 bridgehead atoms. The van der Waals surface area contributed by atoms with Gasteiger partial charge >= 0.3 is 6.18 Å². The van der Waals surface area contributed by atoms with E-state index >= 15 is 0 Å². The molecule has 1 aromatic carbocycles. The molecule has 0 aromatic heterocycles. The van der Waals surface area contributed by atoms with Crippen molar-refractivity contribution < 1.29 is 27.8 Å². The van der Waals surface area contributed by atoms with Crippen molar-refractivity contribution >= 4 is 11.6 Å². The summed E-state index contributed by atoms with van der Waals surface area (Å²) >= 11 is 5.70. The molecule has 0 fully saturated rings. The highest BCUT2D eigenvalue weighted by Gasteiger charge is 2.31. The van der Waals surface area contributed by atoms with Crippen molar-refractivity contribution in [2.24, 2.45) is 0 Å². The van der Waals surface area contributed by atoms with Crippen molar-refractivity contribution in [2.75, 3.05) is 20.3 Å². The summed E-state index contributed by atoms with van der Waals surface area (Å²) in [7, 11) is 1.39. The molecule has 0 spiro atoms. The molecule has 0 saturated heterocycles. The normalized spacial score (nSPS) is 13.4. The maximum Gasteiger partial charge on any atom is 0.416 e. The van der Waals surface area contributed by atoms with Crippen LogP contribution in [0.25, 0.3) is 0 Å². The highest BCUT2D eigenvalue weighted by molar-refractivity contribution is 6.32. The van der Waals surface area contributed by atoms with E-state index in [-0.39, 0.29) is 24.0 Å². The highest BCUT2D eigenvalue weighted by Crippen LogP contribution is 2.34. The quantitative estimate of drug-likeness (QED) is 0.903. The third-order valence-electron chi connectivity index (χ3n) is 2.05. The molecule has 102 valence electrons. The van der Waals surface area contributed by atoms with Crippen LogP contribution in [-0.2, 0) is 10.9 Å². The third kappa shape index (κ3) is 4.36. The minimum Gasteiger partial charge on any atom is -0.489 e. The molecule has 0 aliphatic carbocycles. The smallest absolute Gasteiger partial charge is 0.416 e. The number of alkyl halides is 3. The zero-order valence-electron chi connectivity index (χ0n) is 9.50. The van der Waals surface area contributed by atoms with Crippen molar-refractivity contribution in [2.45, 2.75) is 12.3 Å². The highest BCUT2D eigenvalue weighted by atomic mass is 35.5. The van der Waals surface area contributed by atoms with E-state index in [1.54, 1.807) is 0 Å². The van der Waals surface area contributed by atoms with E-state index in [1.807, 2.05) is 0 Å². The molecule has 3 nitrogen and oxygen atoms in total. The standard InChI is InChI=1S/C11H12ClF3O3/c1-17-5-8(16)6-18-10-4-7(11(13,14)15)2-3-9(10)12/h2-4,8,16H,5-6H2,1H3/t8-/m0/s1. The molecule has 0 unspecified atom stereocenters. The van der Waals surface area contributed by atoms with Gasteiger partial charge < -0.3 is 14.6 Å². The van der Waals surface area contributed by atoms with Crippen LogP contribution in [0.1, 0.15) is 5.56 Å². The van der Waals surface area contributed by atoms with Crippen LogP contribution in [-0.4, -0.2) is 31.5 Å². The van der Waals surface area contributed by atoms with Gasteiger partial charge in [-0.05, 0) is 18.2 Å². The average molecular weight is 285 g/mol. The molecule has 0 amide bonds. The number of halogens is 4. The summed E-state index contributed by atoms with van der Waals surface area (Å²) in [6.45, 7) is -0.175. The van der Waals surface area contributed by atoms with Crippen LogP contribution in [0.5, 0.6) is 5.75 Å². The maximum absolute atomic E-state index is 12.5. The number of ether oxygens (including phenoxy) is 2. The van der Waals surface area contributed by atoms with Gasteiger partial charge in [-0.2, -0.15) is 13.2 Å². The largest absolute Gasteiger partial charge is 0.489 e. The van der Waals surface area contributed by atoms with E-state index in [4.69, 9.17) is 16.3 Å². The molecule has 0 saturated carbocycles. The lowest BCUT2D eigenvalue weighted by atomic mass is 10.2. The van der Waals surface area contributed by atoms with E-state index in [0.29, 0.717) is 0 Å². The minimum atomic E-state index is -4.46. The molecule has 7 heteroatoms. The van der Waals surface area contributed by atoms with Crippen LogP contribution in [0.2, 0.25) is 5.02 Å². The first-order valence-corrected chi connectivity index (χ1v) is 5.39. The van der Waals surface area contributed by atoms with Gasteiger partial charge in [-0.3, -0.25) is 0 Å².